The maximum Gasteiger partial charge on any atom is 0.296 e. The molecule has 1 aromatic carbocycles. The van der Waals surface area contributed by atoms with Gasteiger partial charge in [-0.25, -0.2) is 13.8 Å². The molecule has 0 unspecified atom stereocenters. The number of tetrazole rings is 1. The number of aromatic nitrogens is 9. The van der Waals surface area contributed by atoms with Crippen molar-refractivity contribution in [3.05, 3.63) is 30.1 Å². The van der Waals surface area contributed by atoms with Gasteiger partial charge in [-0.15, -0.1) is 5.10 Å². The number of aryl methyl sites for hydroxylation is 1. The van der Waals surface area contributed by atoms with Gasteiger partial charge in [0.05, 0.1) is 31.3 Å². The molecular formula is C17H17F2N11O. The Bertz CT molecular complexity index is 1220. The molecule has 12 nitrogen and oxygen atoms in total. The highest BCUT2D eigenvalue weighted by Crippen LogP contribution is 2.27. The van der Waals surface area contributed by atoms with Crippen molar-refractivity contribution in [2.75, 3.05) is 36.5 Å². The smallest absolute Gasteiger partial charge is 0.296 e. The highest BCUT2D eigenvalue weighted by molar-refractivity contribution is 5.77. The minimum atomic E-state index is -2.82. The fourth-order valence-corrected chi connectivity index (χ4v) is 3.25. The minimum absolute atomic E-state index is 0.00637. The van der Waals surface area contributed by atoms with E-state index in [1.165, 1.54) is 9.36 Å². The molecule has 14 heteroatoms. The summed E-state index contributed by atoms with van der Waals surface area (Å²) in [4.78, 5) is 20.5. The molecule has 3 aromatic heterocycles. The van der Waals surface area contributed by atoms with E-state index in [0.717, 1.165) is 0 Å². The summed E-state index contributed by atoms with van der Waals surface area (Å²) in [6.07, 6.45) is -2.82. The van der Waals surface area contributed by atoms with Gasteiger partial charge in [-0.3, -0.25) is 9.88 Å². The zero-order valence-electron chi connectivity index (χ0n) is 16.4. The second-order valence-electron chi connectivity index (χ2n) is 6.68. The molecule has 0 aliphatic carbocycles. The van der Waals surface area contributed by atoms with E-state index in [0.29, 0.717) is 43.3 Å². The maximum absolute atomic E-state index is 13.8. The Morgan fingerprint density at radius 3 is 2.52 bits per heavy atom. The lowest BCUT2D eigenvalue weighted by Gasteiger charge is -2.27. The lowest BCUT2D eigenvalue weighted by molar-refractivity contribution is 0.122. The number of imidazole rings is 1. The van der Waals surface area contributed by atoms with Crippen molar-refractivity contribution in [1.82, 2.24) is 44.7 Å². The molecular weight excluding hydrogens is 412 g/mol. The van der Waals surface area contributed by atoms with Crippen LogP contribution in [0.4, 0.5) is 26.6 Å². The molecule has 1 aliphatic heterocycles. The van der Waals surface area contributed by atoms with Crippen LogP contribution in [0.3, 0.4) is 0 Å². The first-order chi connectivity index (χ1) is 15.1. The average molecular weight is 429 g/mol. The van der Waals surface area contributed by atoms with Crippen LogP contribution in [0.2, 0.25) is 0 Å². The predicted molar refractivity (Wildman–Crippen MR) is 105 cm³/mol. The van der Waals surface area contributed by atoms with E-state index in [4.69, 9.17) is 4.74 Å². The zero-order valence-corrected chi connectivity index (χ0v) is 16.4. The molecule has 0 radical (unpaired) electrons. The second-order valence-corrected chi connectivity index (χ2v) is 6.68. The fraction of sp³-hybridized carbons (Fsp3) is 0.353. The van der Waals surface area contributed by atoms with E-state index in [2.05, 4.69) is 40.7 Å². The Morgan fingerprint density at radius 2 is 1.77 bits per heavy atom. The average Bonchev–Trinajstić information content (AvgIpc) is 3.37. The highest BCUT2D eigenvalue weighted by atomic mass is 19.3. The van der Waals surface area contributed by atoms with E-state index >= 15 is 0 Å². The first kappa shape index (κ1) is 19.2. The van der Waals surface area contributed by atoms with Gasteiger partial charge in [-0.1, -0.05) is 17.2 Å². The SMILES string of the molecule is Cn1nnc(Nc2nc(N3CCOCC3)nc(-n3c(C(F)F)nc4ccccc43)n2)n1. The Kier molecular flexibility index (Phi) is 4.82. The molecule has 0 saturated carbocycles. The highest BCUT2D eigenvalue weighted by Gasteiger charge is 2.24. The lowest BCUT2D eigenvalue weighted by atomic mass is 10.3. The monoisotopic (exact) mass is 429 g/mol. The number of nitrogens with zero attached hydrogens (tertiary/aromatic N) is 10. The Morgan fingerprint density at radius 1 is 1.00 bits per heavy atom. The second kappa shape index (κ2) is 7.79. The molecule has 0 spiro atoms. The summed E-state index contributed by atoms with van der Waals surface area (Å²) in [5.41, 5.74) is 0.872. The molecule has 4 aromatic rings. The summed E-state index contributed by atoms with van der Waals surface area (Å²) < 4.78 is 34.3. The number of hydrogen-bond acceptors (Lipinski definition) is 10. The minimum Gasteiger partial charge on any atom is -0.378 e. The van der Waals surface area contributed by atoms with Crippen molar-refractivity contribution in [1.29, 1.82) is 0 Å². The van der Waals surface area contributed by atoms with E-state index in [9.17, 15) is 8.78 Å². The van der Waals surface area contributed by atoms with Crippen molar-refractivity contribution >= 4 is 28.9 Å². The van der Waals surface area contributed by atoms with Gasteiger partial charge in [0, 0.05) is 13.1 Å². The van der Waals surface area contributed by atoms with Crippen LogP contribution in [0, 0.1) is 0 Å². The van der Waals surface area contributed by atoms with E-state index in [-0.39, 0.29) is 17.8 Å². The number of rotatable bonds is 5. The number of ether oxygens (including phenoxy) is 1. The van der Waals surface area contributed by atoms with Gasteiger partial charge in [0.2, 0.25) is 17.8 Å². The molecule has 1 aliphatic rings. The first-order valence-corrected chi connectivity index (χ1v) is 9.44. The molecule has 31 heavy (non-hydrogen) atoms. The fourth-order valence-electron chi connectivity index (χ4n) is 3.25. The van der Waals surface area contributed by atoms with Crippen LogP contribution in [-0.2, 0) is 11.8 Å². The summed E-state index contributed by atoms with van der Waals surface area (Å²) in [6, 6.07) is 6.81. The number of para-hydroxylation sites is 2. The van der Waals surface area contributed by atoms with Gasteiger partial charge in [-0.2, -0.15) is 19.7 Å². The molecule has 0 bridgehead atoms. The number of fused-ring (bicyclic) bond motifs is 1. The van der Waals surface area contributed by atoms with Crippen molar-refractivity contribution in [2.45, 2.75) is 6.43 Å². The molecule has 1 fully saturated rings. The van der Waals surface area contributed by atoms with Crippen LogP contribution < -0.4 is 10.2 Å². The van der Waals surface area contributed by atoms with Crippen LogP contribution in [-0.4, -0.2) is 71.0 Å². The molecule has 1 N–H and O–H groups in total. The third kappa shape index (κ3) is 3.72. The third-order valence-electron chi connectivity index (χ3n) is 4.62. The predicted octanol–water partition coefficient (Wildman–Crippen LogP) is 1.25. The van der Waals surface area contributed by atoms with Crippen molar-refractivity contribution in [2.24, 2.45) is 7.05 Å². The van der Waals surface area contributed by atoms with Crippen LogP contribution in [0.15, 0.2) is 24.3 Å². The van der Waals surface area contributed by atoms with Crippen molar-refractivity contribution in [3.63, 3.8) is 0 Å². The molecule has 160 valence electrons. The maximum atomic E-state index is 13.8. The quantitative estimate of drug-likeness (QED) is 0.495. The summed E-state index contributed by atoms with van der Waals surface area (Å²) >= 11 is 0. The molecule has 4 heterocycles. The van der Waals surface area contributed by atoms with Crippen LogP contribution in [0.25, 0.3) is 17.0 Å². The Hall–Kier alpha value is -3.81. The molecule has 5 rings (SSSR count). The van der Waals surface area contributed by atoms with E-state index < -0.39 is 12.2 Å². The lowest BCUT2D eigenvalue weighted by Crippen LogP contribution is -2.37. The molecule has 1 saturated heterocycles. The van der Waals surface area contributed by atoms with E-state index in [1.807, 2.05) is 4.90 Å². The topological polar surface area (TPSA) is 125 Å². The summed E-state index contributed by atoms with van der Waals surface area (Å²) in [7, 11) is 1.61. The van der Waals surface area contributed by atoms with Crippen LogP contribution in [0.1, 0.15) is 12.2 Å². The first-order valence-electron chi connectivity index (χ1n) is 9.44. The largest absolute Gasteiger partial charge is 0.378 e. The number of halogens is 2. The number of anilines is 3. The normalized spacial score (nSPS) is 14.5. The number of benzene rings is 1. The van der Waals surface area contributed by atoms with Gasteiger partial charge in [-0.05, 0) is 17.3 Å². The van der Waals surface area contributed by atoms with Gasteiger partial charge in [0.25, 0.3) is 12.4 Å². The standard InChI is InChI=1S/C17H17F2N11O/c1-28-26-15(25-27-28)21-14-22-16(29-6-8-31-9-7-29)24-17(23-14)30-11-5-3-2-4-10(11)20-13(30)12(18)19/h2-5,12H,6-9H2,1H3,(H,21,22,23,24,26). The summed E-state index contributed by atoms with van der Waals surface area (Å²) in [5.74, 6) is 0.128. The van der Waals surface area contributed by atoms with Gasteiger partial charge >= 0.3 is 0 Å². The Labute approximate surface area is 173 Å². The van der Waals surface area contributed by atoms with E-state index in [1.54, 1.807) is 31.3 Å². The van der Waals surface area contributed by atoms with Crippen molar-refractivity contribution < 1.29 is 13.5 Å². The third-order valence-corrected chi connectivity index (χ3v) is 4.62. The van der Waals surface area contributed by atoms with Gasteiger partial charge in [0.15, 0.2) is 5.82 Å². The molecule has 0 amide bonds. The van der Waals surface area contributed by atoms with Gasteiger partial charge < -0.3 is 9.64 Å². The van der Waals surface area contributed by atoms with Crippen LogP contribution in [0.5, 0.6) is 0 Å². The Balaban J connectivity index is 1.66. The van der Waals surface area contributed by atoms with Crippen LogP contribution >= 0.6 is 0 Å². The number of hydrogen-bond donors (Lipinski definition) is 1. The van der Waals surface area contributed by atoms with Crippen molar-refractivity contribution in [3.8, 4) is 5.95 Å². The number of morpholine rings is 1. The summed E-state index contributed by atoms with van der Waals surface area (Å²) in [5, 5.41) is 14.5. The number of nitrogens with one attached hydrogen (secondary N) is 1. The molecule has 0 atom stereocenters. The van der Waals surface area contributed by atoms with Gasteiger partial charge in [0.1, 0.15) is 0 Å². The number of alkyl halides is 2. The summed E-state index contributed by atoms with van der Waals surface area (Å²) in [6.45, 7) is 2.12. The zero-order chi connectivity index (χ0) is 21.4.